The van der Waals surface area contributed by atoms with Crippen LogP contribution >= 0.6 is 11.6 Å². The van der Waals surface area contributed by atoms with Crippen LogP contribution in [0.25, 0.3) is 0 Å². The number of nitrogens with zero attached hydrogens (tertiary/aromatic N) is 1. The van der Waals surface area contributed by atoms with Crippen LogP contribution in [0.3, 0.4) is 0 Å². The molecule has 2 rings (SSSR count). The Morgan fingerprint density at radius 3 is 2.15 bits per heavy atom. The first kappa shape index (κ1) is 19.6. The van der Waals surface area contributed by atoms with Crippen LogP contribution in [-0.2, 0) is 10.0 Å². The molecule has 0 aliphatic carbocycles. The number of halogens is 1. The summed E-state index contributed by atoms with van der Waals surface area (Å²) in [5.74, 6) is 0.308. The van der Waals surface area contributed by atoms with Crippen molar-refractivity contribution in [1.29, 1.82) is 0 Å². The zero-order chi connectivity index (χ0) is 19.5. The summed E-state index contributed by atoms with van der Waals surface area (Å²) in [5, 5.41) is 11.2. The van der Waals surface area contributed by atoms with Gasteiger partial charge in [0.2, 0.25) is 0 Å². The zero-order valence-corrected chi connectivity index (χ0v) is 15.6. The van der Waals surface area contributed by atoms with Gasteiger partial charge in [-0.15, -0.1) is 0 Å². The van der Waals surface area contributed by atoms with Gasteiger partial charge >= 0.3 is 0 Å². The van der Waals surface area contributed by atoms with Crippen molar-refractivity contribution in [2.45, 2.75) is 4.90 Å². The van der Waals surface area contributed by atoms with E-state index in [2.05, 4.69) is 4.72 Å². The minimum absolute atomic E-state index is 0.0438. The highest BCUT2D eigenvalue weighted by Crippen LogP contribution is 2.38. The molecule has 0 fully saturated rings. The maximum Gasteiger partial charge on any atom is 0.271 e. The lowest BCUT2D eigenvalue weighted by molar-refractivity contribution is -0.385. The molecule has 0 aliphatic heterocycles. The van der Waals surface area contributed by atoms with Gasteiger partial charge < -0.3 is 14.2 Å². The van der Waals surface area contributed by atoms with Crippen LogP contribution in [0.1, 0.15) is 0 Å². The summed E-state index contributed by atoms with van der Waals surface area (Å²) in [6, 6.07) is 5.96. The molecule has 0 unspecified atom stereocenters. The summed E-state index contributed by atoms with van der Waals surface area (Å²) in [5.41, 5.74) is -0.353. The van der Waals surface area contributed by atoms with E-state index in [1.165, 1.54) is 39.5 Å². The fourth-order valence-electron chi connectivity index (χ4n) is 2.13. The third kappa shape index (κ3) is 3.92. The summed E-state index contributed by atoms with van der Waals surface area (Å²) >= 11 is 5.99. The smallest absolute Gasteiger partial charge is 0.271 e. The second-order valence-electron chi connectivity index (χ2n) is 4.88. The maximum atomic E-state index is 12.8. The maximum absolute atomic E-state index is 12.8. The molecule has 0 aromatic heterocycles. The number of hydrogen-bond donors (Lipinski definition) is 1. The van der Waals surface area contributed by atoms with Gasteiger partial charge in [0.25, 0.3) is 15.7 Å². The summed E-state index contributed by atoms with van der Waals surface area (Å²) in [4.78, 5) is 9.86. The lowest BCUT2D eigenvalue weighted by Crippen LogP contribution is -2.15. The Hall–Kier alpha value is -2.72. The molecule has 2 aromatic carbocycles. The quantitative estimate of drug-likeness (QED) is 0.558. The molecule has 0 atom stereocenters. The second kappa shape index (κ2) is 7.67. The predicted octanol–water partition coefficient (Wildman–Crippen LogP) is 3.07. The first-order valence-corrected chi connectivity index (χ1v) is 8.86. The van der Waals surface area contributed by atoms with Crippen molar-refractivity contribution in [3.05, 3.63) is 45.5 Å². The van der Waals surface area contributed by atoms with Crippen LogP contribution in [0.2, 0.25) is 5.02 Å². The first-order chi connectivity index (χ1) is 12.2. The third-order valence-corrected chi connectivity index (χ3v) is 5.05. The Labute approximate surface area is 154 Å². The average Bonchev–Trinajstić information content (AvgIpc) is 2.61. The number of non-ortho nitro benzene ring substituents is 1. The van der Waals surface area contributed by atoms with Crippen LogP contribution in [0.4, 0.5) is 11.4 Å². The van der Waals surface area contributed by atoms with Crippen LogP contribution in [0.15, 0.2) is 35.2 Å². The summed E-state index contributed by atoms with van der Waals surface area (Å²) < 4.78 is 43.0. The molecule has 0 bridgehead atoms. The van der Waals surface area contributed by atoms with Gasteiger partial charge in [0.15, 0.2) is 0 Å². The van der Waals surface area contributed by atoms with E-state index in [4.69, 9.17) is 25.8 Å². The van der Waals surface area contributed by atoms with Gasteiger partial charge in [0.05, 0.1) is 37.0 Å². The van der Waals surface area contributed by atoms with Crippen molar-refractivity contribution in [2.24, 2.45) is 0 Å². The molecular weight excluding hydrogens is 388 g/mol. The normalized spacial score (nSPS) is 10.9. The lowest BCUT2D eigenvalue weighted by Gasteiger charge is -2.15. The number of sulfonamides is 1. The van der Waals surface area contributed by atoms with E-state index in [1.54, 1.807) is 0 Å². The minimum atomic E-state index is -4.24. The van der Waals surface area contributed by atoms with Gasteiger partial charge in [0, 0.05) is 24.3 Å². The number of nitro benzene ring substituents is 1. The first-order valence-electron chi connectivity index (χ1n) is 7.00. The van der Waals surface area contributed by atoms with E-state index in [1.807, 2.05) is 0 Å². The van der Waals surface area contributed by atoms with Crippen molar-refractivity contribution >= 4 is 33.0 Å². The molecule has 2 aromatic rings. The molecule has 1 N–H and O–H groups in total. The van der Waals surface area contributed by atoms with Crippen LogP contribution in [0, 0.1) is 10.1 Å². The number of benzene rings is 2. The topological polar surface area (TPSA) is 117 Å². The molecule has 140 valence electrons. The van der Waals surface area contributed by atoms with E-state index in [-0.39, 0.29) is 28.0 Å². The van der Waals surface area contributed by atoms with Crippen LogP contribution < -0.4 is 18.9 Å². The van der Waals surface area contributed by atoms with E-state index in [9.17, 15) is 18.5 Å². The number of rotatable bonds is 7. The number of nitro groups is 1. The molecule has 0 saturated heterocycles. The Bertz CT molecular complexity index is 947. The van der Waals surface area contributed by atoms with Gasteiger partial charge in [-0.05, 0) is 6.07 Å². The average molecular weight is 403 g/mol. The molecule has 0 spiro atoms. The molecule has 0 aliphatic rings. The van der Waals surface area contributed by atoms with Crippen LogP contribution in [0.5, 0.6) is 17.2 Å². The molecule has 11 heteroatoms. The highest BCUT2D eigenvalue weighted by molar-refractivity contribution is 7.92. The minimum Gasteiger partial charge on any atom is -0.495 e. The highest BCUT2D eigenvalue weighted by atomic mass is 35.5. The predicted molar refractivity (Wildman–Crippen MR) is 95.0 cm³/mol. The Balaban J connectivity index is 2.56. The van der Waals surface area contributed by atoms with E-state index >= 15 is 0 Å². The lowest BCUT2D eigenvalue weighted by atomic mass is 10.3. The molecule has 0 heterocycles. The van der Waals surface area contributed by atoms with Crippen molar-refractivity contribution in [3.8, 4) is 17.2 Å². The number of anilines is 1. The summed E-state index contributed by atoms with van der Waals surface area (Å²) in [6.07, 6.45) is 0. The van der Waals surface area contributed by atoms with Crippen molar-refractivity contribution < 1.29 is 27.6 Å². The molecule has 9 nitrogen and oxygen atoms in total. The molecule has 26 heavy (non-hydrogen) atoms. The monoisotopic (exact) mass is 402 g/mol. The highest BCUT2D eigenvalue weighted by Gasteiger charge is 2.25. The molecular formula is C15H15ClN2O7S. The fraction of sp³-hybridized carbons (Fsp3) is 0.200. The van der Waals surface area contributed by atoms with Crippen molar-refractivity contribution in [2.75, 3.05) is 26.1 Å². The standard InChI is InChI=1S/C15H15ClN2O7S/c1-23-12-5-4-9(18(19)20)6-15(12)26(21,22)17-11-8-13(24-2)10(16)7-14(11)25-3/h4-8,17H,1-3H3. The Kier molecular flexibility index (Phi) is 5.78. The van der Waals surface area contributed by atoms with E-state index in [0.29, 0.717) is 0 Å². The van der Waals surface area contributed by atoms with Gasteiger partial charge in [0.1, 0.15) is 22.1 Å². The van der Waals surface area contributed by atoms with Crippen molar-refractivity contribution in [3.63, 3.8) is 0 Å². The number of methoxy groups -OCH3 is 3. The number of ether oxygens (including phenoxy) is 3. The summed E-state index contributed by atoms with van der Waals surface area (Å²) in [7, 11) is -0.277. The largest absolute Gasteiger partial charge is 0.495 e. The molecule has 0 radical (unpaired) electrons. The van der Waals surface area contributed by atoms with Gasteiger partial charge in [-0.1, -0.05) is 11.6 Å². The fourth-order valence-corrected chi connectivity index (χ4v) is 3.61. The van der Waals surface area contributed by atoms with Gasteiger partial charge in [-0.2, -0.15) is 0 Å². The number of hydrogen-bond acceptors (Lipinski definition) is 7. The SMILES string of the molecule is COc1cc(NS(=O)(=O)c2cc([N+](=O)[O-])ccc2OC)c(OC)cc1Cl. The molecule has 0 saturated carbocycles. The van der Waals surface area contributed by atoms with Gasteiger partial charge in [-0.3, -0.25) is 14.8 Å². The van der Waals surface area contributed by atoms with Crippen LogP contribution in [-0.4, -0.2) is 34.7 Å². The molecule has 0 amide bonds. The van der Waals surface area contributed by atoms with Crippen molar-refractivity contribution in [1.82, 2.24) is 0 Å². The zero-order valence-electron chi connectivity index (χ0n) is 14.0. The number of nitrogens with one attached hydrogen (secondary N) is 1. The third-order valence-electron chi connectivity index (χ3n) is 3.37. The Morgan fingerprint density at radius 1 is 1.00 bits per heavy atom. The van der Waals surface area contributed by atoms with Gasteiger partial charge in [-0.25, -0.2) is 8.42 Å². The summed E-state index contributed by atoms with van der Waals surface area (Å²) in [6.45, 7) is 0. The van der Waals surface area contributed by atoms with E-state index in [0.717, 1.165) is 12.1 Å². The second-order valence-corrected chi connectivity index (χ2v) is 6.94. The Morgan fingerprint density at radius 2 is 1.62 bits per heavy atom. The van der Waals surface area contributed by atoms with E-state index < -0.39 is 25.5 Å².